The van der Waals surface area contributed by atoms with Gasteiger partial charge in [-0.05, 0) is 38.0 Å². The van der Waals surface area contributed by atoms with E-state index in [-0.39, 0.29) is 11.3 Å². The first-order chi connectivity index (χ1) is 11.0. The Bertz CT molecular complexity index is 720. The van der Waals surface area contributed by atoms with Crippen molar-refractivity contribution in [2.75, 3.05) is 13.2 Å². The summed E-state index contributed by atoms with van der Waals surface area (Å²) in [6.45, 7) is 2.50. The van der Waals surface area contributed by atoms with E-state index in [1.54, 1.807) is 19.1 Å². The third kappa shape index (κ3) is 3.12. The number of hydrogen-bond acceptors (Lipinski definition) is 3. The predicted octanol–water partition coefficient (Wildman–Crippen LogP) is 3.30. The van der Waals surface area contributed by atoms with Gasteiger partial charge >= 0.3 is 0 Å². The number of carbonyl (C=O) groups is 1. The van der Waals surface area contributed by atoms with Crippen LogP contribution in [0.2, 0.25) is 0 Å². The maximum Gasteiger partial charge on any atom is 0.287 e. The Labute approximate surface area is 132 Å². The van der Waals surface area contributed by atoms with Crippen LogP contribution in [0.3, 0.4) is 0 Å². The lowest BCUT2D eigenvalue weighted by Gasteiger charge is -2.38. The number of rotatable bonds is 3. The first-order valence-electron chi connectivity index (χ1n) is 7.42. The van der Waals surface area contributed by atoms with E-state index in [0.717, 1.165) is 6.07 Å². The number of carbonyl (C=O) groups excluding carboxylic acids is 1. The molecular formula is C17H17F2NO3. The van der Waals surface area contributed by atoms with Crippen LogP contribution in [0.1, 0.15) is 34.7 Å². The summed E-state index contributed by atoms with van der Waals surface area (Å²) in [6.07, 6.45) is 0.808. The predicted molar refractivity (Wildman–Crippen MR) is 79.0 cm³/mol. The lowest BCUT2D eigenvalue weighted by atomic mass is 9.82. The summed E-state index contributed by atoms with van der Waals surface area (Å²) in [6, 6.07) is 6.65. The molecule has 1 aromatic carbocycles. The minimum absolute atomic E-state index is 0.163. The van der Waals surface area contributed by atoms with Gasteiger partial charge in [0.15, 0.2) is 5.76 Å². The Morgan fingerprint density at radius 3 is 2.52 bits per heavy atom. The Balaban J connectivity index is 1.95. The van der Waals surface area contributed by atoms with Crippen LogP contribution in [0.15, 0.2) is 34.7 Å². The third-order valence-corrected chi connectivity index (χ3v) is 4.11. The molecule has 1 aliphatic rings. The van der Waals surface area contributed by atoms with E-state index >= 15 is 0 Å². The molecule has 0 aliphatic carbocycles. The molecular weight excluding hydrogens is 304 g/mol. The number of halogens is 2. The van der Waals surface area contributed by atoms with E-state index in [9.17, 15) is 13.6 Å². The van der Waals surface area contributed by atoms with E-state index in [1.807, 2.05) is 0 Å². The molecule has 0 radical (unpaired) electrons. The highest BCUT2D eigenvalue weighted by atomic mass is 19.1. The number of nitrogens with one attached hydrogen (secondary N) is 1. The molecule has 6 heteroatoms. The van der Waals surface area contributed by atoms with Crippen LogP contribution in [-0.2, 0) is 10.3 Å². The maximum absolute atomic E-state index is 14.3. The van der Waals surface area contributed by atoms with Crippen molar-refractivity contribution in [1.29, 1.82) is 0 Å². The van der Waals surface area contributed by atoms with Gasteiger partial charge in [0.25, 0.3) is 5.91 Å². The lowest BCUT2D eigenvalue weighted by molar-refractivity contribution is 0.0325. The first-order valence-corrected chi connectivity index (χ1v) is 7.42. The summed E-state index contributed by atoms with van der Waals surface area (Å²) in [5, 5.41) is 2.86. The van der Waals surface area contributed by atoms with E-state index in [2.05, 4.69) is 5.32 Å². The van der Waals surface area contributed by atoms with Crippen LogP contribution in [-0.4, -0.2) is 19.1 Å². The summed E-state index contributed by atoms with van der Waals surface area (Å²) < 4.78 is 38.1. The highest BCUT2D eigenvalue weighted by Gasteiger charge is 2.38. The van der Waals surface area contributed by atoms with Crippen molar-refractivity contribution in [1.82, 2.24) is 5.32 Å². The molecule has 1 saturated heterocycles. The molecule has 0 unspecified atom stereocenters. The number of ether oxygens (including phenoxy) is 1. The fourth-order valence-corrected chi connectivity index (χ4v) is 2.89. The monoisotopic (exact) mass is 321 g/mol. The molecule has 3 rings (SSSR count). The number of furan rings is 1. The van der Waals surface area contributed by atoms with Crippen LogP contribution in [0.4, 0.5) is 8.78 Å². The summed E-state index contributed by atoms with van der Waals surface area (Å²) >= 11 is 0. The van der Waals surface area contributed by atoms with Crippen LogP contribution in [0.25, 0.3) is 0 Å². The quantitative estimate of drug-likeness (QED) is 0.944. The van der Waals surface area contributed by atoms with E-state index in [0.29, 0.717) is 31.8 Å². The van der Waals surface area contributed by atoms with Crippen LogP contribution < -0.4 is 5.32 Å². The minimum Gasteiger partial charge on any atom is -0.456 e. The molecule has 4 nitrogen and oxygen atoms in total. The molecule has 2 aromatic rings. The maximum atomic E-state index is 14.3. The van der Waals surface area contributed by atoms with Gasteiger partial charge in [-0.15, -0.1) is 0 Å². The van der Waals surface area contributed by atoms with E-state index < -0.39 is 23.1 Å². The molecule has 1 fully saturated rings. The zero-order valence-electron chi connectivity index (χ0n) is 12.7. The van der Waals surface area contributed by atoms with Gasteiger partial charge in [-0.25, -0.2) is 8.78 Å². The van der Waals surface area contributed by atoms with Gasteiger partial charge in [-0.3, -0.25) is 4.79 Å². The second-order valence-electron chi connectivity index (χ2n) is 5.68. The molecule has 2 heterocycles. The SMILES string of the molecule is Cc1ccc(C(=O)NC2(c3ccc(F)cc3F)CCOCC2)o1. The Morgan fingerprint density at radius 2 is 1.91 bits per heavy atom. The second kappa shape index (κ2) is 6.12. The average Bonchev–Trinajstić information content (AvgIpc) is 2.94. The molecule has 0 spiro atoms. The van der Waals surface area contributed by atoms with Crippen molar-refractivity contribution in [2.24, 2.45) is 0 Å². The van der Waals surface area contributed by atoms with Crippen molar-refractivity contribution < 1.29 is 22.7 Å². The summed E-state index contributed by atoms with van der Waals surface area (Å²) in [7, 11) is 0. The highest BCUT2D eigenvalue weighted by molar-refractivity contribution is 5.92. The molecule has 23 heavy (non-hydrogen) atoms. The van der Waals surface area contributed by atoms with Gasteiger partial charge in [0.1, 0.15) is 17.4 Å². The molecule has 1 aromatic heterocycles. The Morgan fingerprint density at radius 1 is 1.17 bits per heavy atom. The van der Waals surface area contributed by atoms with Crippen LogP contribution in [0, 0.1) is 18.6 Å². The Kier molecular flexibility index (Phi) is 4.17. The molecule has 1 aliphatic heterocycles. The highest BCUT2D eigenvalue weighted by Crippen LogP contribution is 2.34. The lowest BCUT2D eigenvalue weighted by Crippen LogP contribution is -2.50. The largest absolute Gasteiger partial charge is 0.456 e. The number of aryl methyl sites for hydroxylation is 1. The summed E-state index contributed by atoms with van der Waals surface area (Å²) in [4.78, 5) is 12.4. The molecule has 1 N–H and O–H groups in total. The zero-order valence-corrected chi connectivity index (χ0v) is 12.7. The van der Waals surface area contributed by atoms with Crippen LogP contribution >= 0.6 is 0 Å². The Hall–Kier alpha value is -2.21. The van der Waals surface area contributed by atoms with Crippen molar-refractivity contribution >= 4 is 5.91 Å². The van der Waals surface area contributed by atoms with Gasteiger partial charge in [0.05, 0.1) is 5.54 Å². The fraction of sp³-hybridized carbons (Fsp3) is 0.353. The van der Waals surface area contributed by atoms with Crippen molar-refractivity contribution in [3.63, 3.8) is 0 Å². The number of hydrogen-bond donors (Lipinski definition) is 1. The zero-order chi connectivity index (χ0) is 16.4. The molecule has 0 bridgehead atoms. The van der Waals surface area contributed by atoms with Gasteiger partial charge < -0.3 is 14.5 Å². The number of amides is 1. The van der Waals surface area contributed by atoms with E-state index in [1.165, 1.54) is 12.1 Å². The second-order valence-corrected chi connectivity index (χ2v) is 5.68. The topological polar surface area (TPSA) is 51.5 Å². The summed E-state index contributed by atoms with van der Waals surface area (Å²) in [5.41, 5.74) is -0.674. The molecule has 1 amide bonds. The van der Waals surface area contributed by atoms with Crippen LogP contribution in [0.5, 0.6) is 0 Å². The number of benzene rings is 1. The fourth-order valence-electron chi connectivity index (χ4n) is 2.89. The molecule has 0 atom stereocenters. The smallest absolute Gasteiger partial charge is 0.287 e. The molecule has 0 saturated carbocycles. The summed E-state index contributed by atoms with van der Waals surface area (Å²) in [5.74, 6) is -0.979. The van der Waals surface area contributed by atoms with E-state index in [4.69, 9.17) is 9.15 Å². The minimum atomic E-state index is -0.937. The molecule has 122 valence electrons. The van der Waals surface area contributed by atoms with Gasteiger partial charge in [-0.1, -0.05) is 6.07 Å². The first kappa shape index (κ1) is 15.7. The van der Waals surface area contributed by atoms with Gasteiger partial charge in [-0.2, -0.15) is 0 Å². The third-order valence-electron chi connectivity index (χ3n) is 4.11. The van der Waals surface area contributed by atoms with Gasteiger partial charge in [0, 0.05) is 24.8 Å². The standard InChI is InChI=1S/C17H17F2NO3/c1-11-2-5-15(23-11)16(21)20-17(6-8-22-9-7-17)13-4-3-12(18)10-14(13)19/h2-5,10H,6-9H2,1H3,(H,20,21). The van der Waals surface area contributed by atoms with Crippen molar-refractivity contribution in [3.05, 3.63) is 59.1 Å². The average molecular weight is 321 g/mol. The van der Waals surface area contributed by atoms with Crippen molar-refractivity contribution in [3.8, 4) is 0 Å². The van der Waals surface area contributed by atoms with Gasteiger partial charge in [0.2, 0.25) is 0 Å². The van der Waals surface area contributed by atoms with Crippen molar-refractivity contribution in [2.45, 2.75) is 25.3 Å². The normalized spacial score (nSPS) is 17.0.